The summed E-state index contributed by atoms with van der Waals surface area (Å²) >= 11 is 1.35. The molecule has 1 amide bonds. The summed E-state index contributed by atoms with van der Waals surface area (Å²) in [5.41, 5.74) is 8.81. The molecule has 4 N–H and O–H groups in total. The number of nitrogen functional groups attached to an aromatic ring is 1. The number of likely N-dealkylation sites (N-methyl/N-ethyl adjacent to an activating group) is 1. The molecule has 2 heterocycles. The number of hydrogen-bond acceptors (Lipinski definition) is 7. The van der Waals surface area contributed by atoms with E-state index in [0.717, 1.165) is 23.3 Å². The Balaban J connectivity index is 1.81. The monoisotopic (exact) mass is 533 g/mol. The molecule has 0 saturated carbocycles. The lowest BCUT2D eigenvalue weighted by molar-refractivity contribution is 0.0703. The van der Waals surface area contributed by atoms with Crippen molar-refractivity contribution in [3.8, 4) is 27.6 Å². The highest BCUT2D eigenvalue weighted by molar-refractivity contribution is 7.18. The van der Waals surface area contributed by atoms with Gasteiger partial charge < -0.3 is 21.1 Å². The summed E-state index contributed by atoms with van der Waals surface area (Å²) < 4.78 is 14.6. The lowest BCUT2D eigenvalue weighted by Gasteiger charge is -2.32. The molecule has 0 spiro atoms. The van der Waals surface area contributed by atoms with E-state index in [1.165, 1.54) is 23.5 Å². The summed E-state index contributed by atoms with van der Waals surface area (Å²) in [6.07, 6.45) is 3.59. The van der Waals surface area contributed by atoms with E-state index < -0.39 is 11.4 Å². The number of hydrogen-bond donors (Lipinski definition) is 3. The second kappa shape index (κ2) is 11.4. The van der Waals surface area contributed by atoms with Crippen molar-refractivity contribution in [3.05, 3.63) is 64.3 Å². The van der Waals surface area contributed by atoms with Crippen LogP contribution in [0.25, 0.3) is 21.6 Å². The minimum absolute atomic E-state index is 0.0364. The third-order valence-corrected chi connectivity index (χ3v) is 7.92. The molecule has 1 unspecified atom stereocenters. The van der Waals surface area contributed by atoms with E-state index in [0.29, 0.717) is 40.3 Å². The number of amides is 1. The zero-order valence-corrected chi connectivity index (χ0v) is 22.6. The maximum Gasteiger partial charge on any atom is 0.264 e. The van der Waals surface area contributed by atoms with Gasteiger partial charge in [0.2, 0.25) is 0 Å². The number of carbonyl (C=O) groups is 1. The Morgan fingerprint density at radius 1 is 1.32 bits per heavy atom. The first-order valence-electron chi connectivity index (χ1n) is 12.5. The van der Waals surface area contributed by atoms with Crippen LogP contribution in [-0.2, 0) is 0 Å². The van der Waals surface area contributed by atoms with E-state index in [1.807, 2.05) is 50.1 Å². The predicted molar refractivity (Wildman–Crippen MR) is 151 cm³/mol. The van der Waals surface area contributed by atoms with Crippen molar-refractivity contribution in [2.45, 2.75) is 38.3 Å². The van der Waals surface area contributed by atoms with Gasteiger partial charge in [-0.1, -0.05) is 12.1 Å². The van der Waals surface area contributed by atoms with E-state index in [-0.39, 0.29) is 24.1 Å². The number of nitrogens with zero attached hydrogens (tertiary/aromatic N) is 3. The number of thiophene rings is 1. The third-order valence-electron chi connectivity index (χ3n) is 6.75. The average molecular weight is 534 g/mol. The van der Waals surface area contributed by atoms with Crippen LogP contribution in [0.3, 0.4) is 0 Å². The number of aliphatic imine (C=N–C) groups is 1. The molecule has 3 aromatic rings. The Hall–Kier alpha value is -3.58. The van der Waals surface area contributed by atoms with Crippen LogP contribution in [0.2, 0.25) is 0 Å². The van der Waals surface area contributed by atoms with Crippen molar-refractivity contribution in [2.75, 3.05) is 32.5 Å². The van der Waals surface area contributed by atoms with Crippen molar-refractivity contribution >= 4 is 29.1 Å². The number of aliphatic hydroxyl groups excluding tert-OH is 1. The third kappa shape index (κ3) is 5.94. The molecule has 0 radical (unpaired) electrons. The zero-order valence-electron chi connectivity index (χ0n) is 21.8. The molecule has 38 heavy (non-hydrogen) atoms. The fourth-order valence-electron chi connectivity index (χ4n) is 4.36. The molecule has 2 aromatic carbocycles. The predicted octanol–water partition coefficient (Wildman–Crippen LogP) is 4.69. The highest BCUT2D eigenvalue weighted by Gasteiger charge is 2.26. The van der Waals surface area contributed by atoms with E-state index in [9.17, 15) is 19.6 Å². The number of nitrogens with two attached hydrogens (primary N) is 1. The number of rotatable bonds is 7. The molecule has 4 rings (SSSR count). The molecule has 1 aromatic heterocycles. The molecular formula is C29H32FN5O2S. The van der Waals surface area contributed by atoms with Gasteiger partial charge in [-0.3, -0.25) is 9.79 Å². The molecule has 7 nitrogen and oxygen atoms in total. The zero-order chi connectivity index (χ0) is 27.4. The quantitative estimate of drug-likeness (QED) is 0.301. The molecule has 0 aliphatic carbocycles. The number of halogens is 1. The van der Waals surface area contributed by atoms with Gasteiger partial charge in [0, 0.05) is 47.0 Å². The summed E-state index contributed by atoms with van der Waals surface area (Å²) in [5, 5.41) is 22.0. The fraction of sp³-hybridized carbons (Fsp3) is 0.345. The minimum atomic E-state index is -0.657. The number of benzene rings is 2. The average Bonchev–Trinajstić information content (AvgIpc) is 3.37. The van der Waals surface area contributed by atoms with Crippen molar-refractivity contribution in [2.24, 2.45) is 4.99 Å². The Morgan fingerprint density at radius 2 is 2.08 bits per heavy atom. The van der Waals surface area contributed by atoms with Gasteiger partial charge in [-0.05, 0) is 75.2 Å². The number of nitrogens with one attached hydrogen (secondary N) is 1. The largest absolute Gasteiger partial charge is 0.398 e. The highest BCUT2D eigenvalue weighted by atomic mass is 32.1. The SMILES string of the molecule is CNC1CCCN(C(=O)c2cc(-c3ccc(C#N)c(F)c3)c(-c3ccc(N)c(C=NC(C)(C)CO)c3)s2)C1. The summed E-state index contributed by atoms with van der Waals surface area (Å²) in [7, 11) is 1.91. The first-order chi connectivity index (χ1) is 18.2. The second-order valence-corrected chi connectivity index (χ2v) is 11.2. The molecule has 1 fully saturated rings. The number of nitriles is 1. The van der Waals surface area contributed by atoms with E-state index in [1.54, 1.807) is 18.3 Å². The van der Waals surface area contributed by atoms with E-state index >= 15 is 0 Å². The lowest BCUT2D eigenvalue weighted by atomic mass is 9.99. The number of aliphatic hydroxyl groups is 1. The lowest BCUT2D eigenvalue weighted by Crippen LogP contribution is -2.46. The van der Waals surface area contributed by atoms with Crippen LogP contribution >= 0.6 is 11.3 Å². The molecule has 9 heteroatoms. The number of piperidine rings is 1. The van der Waals surface area contributed by atoms with Crippen LogP contribution in [0.15, 0.2) is 47.5 Å². The number of carbonyl (C=O) groups excluding carboxylic acids is 1. The number of anilines is 1. The molecular weight excluding hydrogens is 501 g/mol. The minimum Gasteiger partial charge on any atom is -0.398 e. The van der Waals surface area contributed by atoms with Crippen LogP contribution < -0.4 is 11.1 Å². The van der Waals surface area contributed by atoms with Crippen molar-refractivity contribution < 1.29 is 14.3 Å². The Bertz CT molecular complexity index is 1410. The summed E-state index contributed by atoms with van der Waals surface area (Å²) in [6.45, 7) is 4.84. The second-order valence-electron chi connectivity index (χ2n) is 10.1. The summed E-state index contributed by atoms with van der Waals surface area (Å²) in [6, 6.07) is 13.9. The van der Waals surface area contributed by atoms with Gasteiger partial charge in [0.15, 0.2) is 0 Å². The van der Waals surface area contributed by atoms with Gasteiger partial charge in [0.1, 0.15) is 11.9 Å². The van der Waals surface area contributed by atoms with Crippen LogP contribution in [0.4, 0.5) is 10.1 Å². The normalized spacial score (nSPS) is 16.1. The van der Waals surface area contributed by atoms with E-state index in [4.69, 9.17) is 5.73 Å². The molecule has 198 valence electrons. The van der Waals surface area contributed by atoms with Crippen LogP contribution in [0.1, 0.15) is 47.5 Å². The molecule has 1 saturated heterocycles. The maximum atomic E-state index is 14.6. The van der Waals surface area contributed by atoms with Gasteiger partial charge >= 0.3 is 0 Å². The standard InChI is InChI=1S/C29H32FN5O2S/c1-29(2,17-36)34-15-21-11-19(8-9-25(21)32)27-23(18-6-7-20(14-31)24(30)12-18)13-26(38-27)28(37)35-10-4-5-22(16-35)33-3/h6-9,11-13,15,22,33,36H,4-5,10,16-17,32H2,1-3H3. The van der Waals surface area contributed by atoms with Gasteiger partial charge in [0.05, 0.1) is 22.6 Å². The Kier molecular flexibility index (Phi) is 8.26. The van der Waals surface area contributed by atoms with Crippen molar-refractivity contribution in [1.29, 1.82) is 5.26 Å². The maximum absolute atomic E-state index is 14.6. The topological polar surface area (TPSA) is 115 Å². The van der Waals surface area contributed by atoms with Crippen molar-refractivity contribution in [1.82, 2.24) is 10.2 Å². The molecule has 1 aliphatic rings. The smallest absolute Gasteiger partial charge is 0.264 e. The molecule has 1 atom stereocenters. The van der Waals surface area contributed by atoms with E-state index in [2.05, 4.69) is 10.3 Å². The van der Waals surface area contributed by atoms with Crippen LogP contribution in [-0.4, -0.2) is 60.5 Å². The van der Waals surface area contributed by atoms with Crippen LogP contribution in [0.5, 0.6) is 0 Å². The van der Waals surface area contributed by atoms with Crippen LogP contribution in [0, 0.1) is 17.1 Å². The summed E-state index contributed by atoms with van der Waals surface area (Å²) in [4.78, 5) is 21.2. The first-order valence-corrected chi connectivity index (χ1v) is 13.3. The molecule has 0 bridgehead atoms. The van der Waals surface area contributed by atoms with Gasteiger partial charge in [-0.25, -0.2) is 4.39 Å². The summed E-state index contributed by atoms with van der Waals surface area (Å²) in [5.74, 6) is -0.669. The Morgan fingerprint density at radius 3 is 2.76 bits per heavy atom. The van der Waals surface area contributed by atoms with Gasteiger partial charge in [-0.15, -0.1) is 11.3 Å². The Labute approximate surface area is 226 Å². The molecule has 1 aliphatic heterocycles. The highest BCUT2D eigenvalue weighted by Crippen LogP contribution is 2.41. The van der Waals surface area contributed by atoms with Crippen molar-refractivity contribution in [3.63, 3.8) is 0 Å². The van der Waals surface area contributed by atoms with Gasteiger partial charge in [0.25, 0.3) is 5.91 Å². The van der Waals surface area contributed by atoms with Gasteiger partial charge in [-0.2, -0.15) is 5.26 Å². The number of likely N-dealkylation sites (tertiary alicyclic amines) is 1. The first kappa shape index (κ1) is 27.5. The fourth-order valence-corrected chi connectivity index (χ4v) is 5.51.